The molecule has 0 bridgehead atoms. The minimum Gasteiger partial charge on any atom is -0.383 e. The molecule has 0 saturated carbocycles. The molecule has 1 aromatic carbocycles. The van der Waals surface area contributed by atoms with E-state index in [1.165, 1.54) is 5.56 Å². The van der Waals surface area contributed by atoms with E-state index in [2.05, 4.69) is 29.6 Å². The van der Waals surface area contributed by atoms with Gasteiger partial charge in [-0.2, -0.15) is 0 Å². The van der Waals surface area contributed by atoms with Gasteiger partial charge in [0.05, 0.1) is 6.61 Å². The highest BCUT2D eigenvalue weighted by molar-refractivity contribution is 5.14. The lowest BCUT2D eigenvalue weighted by molar-refractivity contribution is 0.161. The van der Waals surface area contributed by atoms with E-state index in [0.29, 0.717) is 6.04 Å². The summed E-state index contributed by atoms with van der Waals surface area (Å²) >= 11 is 0. The molecule has 3 heteroatoms. The van der Waals surface area contributed by atoms with E-state index >= 15 is 0 Å². The first kappa shape index (κ1) is 13.2. The van der Waals surface area contributed by atoms with Crippen molar-refractivity contribution >= 4 is 0 Å². The van der Waals surface area contributed by atoms with Crippen LogP contribution in [0.15, 0.2) is 30.3 Å². The molecule has 0 aromatic heterocycles. The van der Waals surface area contributed by atoms with E-state index in [4.69, 9.17) is 10.5 Å². The molecule has 0 aliphatic heterocycles. The van der Waals surface area contributed by atoms with E-state index in [1.807, 2.05) is 6.07 Å². The summed E-state index contributed by atoms with van der Waals surface area (Å²) in [5, 5.41) is 3.49. The molecule has 0 amide bonds. The predicted octanol–water partition coefficient (Wildman–Crippen LogP) is 1.53. The Balaban J connectivity index is 2.31. The summed E-state index contributed by atoms with van der Waals surface area (Å²) in [5.41, 5.74) is 6.81. The number of ether oxygens (including phenoxy) is 1. The third-order valence-corrected chi connectivity index (χ3v) is 2.56. The van der Waals surface area contributed by atoms with E-state index < -0.39 is 0 Å². The second-order valence-corrected chi connectivity index (χ2v) is 3.95. The fraction of sp³-hybridized carbons (Fsp3) is 0.538. The fourth-order valence-electron chi connectivity index (χ4n) is 1.67. The quantitative estimate of drug-likeness (QED) is 0.701. The van der Waals surface area contributed by atoms with Crippen molar-refractivity contribution in [3.05, 3.63) is 35.9 Å². The van der Waals surface area contributed by atoms with Crippen molar-refractivity contribution in [1.29, 1.82) is 0 Å². The number of hydrogen-bond acceptors (Lipinski definition) is 3. The summed E-state index contributed by atoms with van der Waals surface area (Å²) in [6.07, 6.45) is 2.10. The van der Waals surface area contributed by atoms with Crippen LogP contribution >= 0.6 is 0 Å². The summed E-state index contributed by atoms with van der Waals surface area (Å²) in [6.45, 7) is 2.37. The number of nitrogens with one attached hydrogen (secondary N) is 1. The van der Waals surface area contributed by atoms with Crippen LogP contribution in [0.2, 0.25) is 0 Å². The zero-order valence-corrected chi connectivity index (χ0v) is 9.99. The SMILES string of the molecule is COCC(CCCN)NCc1ccccc1. The standard InChI is InChI=1S/C13H22N2O/c1-16-11-13(8-5-9-14)15-10-12-6-3-2-4-7-12/h2-4,6-7,13,15H,5,8-11,14H2,1H3. The summed E-state index contributed by atoms with van der Waals surface area (Å²) in [5.74, 6) is 0. The second-order valence-electron chi connectivity index (χ2n) is 3.95. The number of nitrogens with two attached hydrogens (primary N) is 1. The Morgan fingerprint density at radius 2 is 2.06 bits per heavy atom. The largest absolute Gasteiger partial charge is 0.383 e. The van der Waals surface area contributed by atoms with Crippen LogP contribution in [0.4, 0.5) is 0 Å². The average molecular weight is 222 g/mol. The molecule has 0 radical (unpaired) electrons. The van der Waals surface area contributed by atoms with Crippen LogP contribution in [0.25, 0.3) is 0 Å². The lowest BCUT2D eigenvalue weighted by Gasteiger charge is -2.17. The molecule has 1 atom stereocenters. The molecule has 0 spiro atoms. The summed E-state index contributed by atoms with van der Waals surface area (Å²) < 4.78 is 5.19. The summed E-state index contributed by atoms with van der Waals surface area (Å²) in [7, 11) is 1.74. The third kappa shape index (κ3) is 5.26. The van der Waals surface area contributed by atoms with Crippen LogP contribution in [0.1, 0.15) is 18.4 Å². The first-order valence-electron chi connectivity index (χ1n) is 5.83. The molecule has 1 unspecified atom stereocenters. The predicted molar refractivity (Wildman–Crippen MR) is 67.2 cm³/mol. The first-order chi connectivity index (χ1) is 7.86. The van der Waals surface area contributed by atoms with Crippen molar-refractivity contribution in [1.82, 2.24) is 5.32 Å². The number of benzene rings is 1. The van der Waals surface area contributed by atoms with Crippen LogP contribution in [-0.4, -0.2) is 26.3 Å². The monoisotopic (exact) mass is 222 g/mol. The first-order valence-corrected chi connectivity index (χ1v) is 5.83. The fourth-order valence-corrected chi connectivity index (χ4v) is 1.67. The normalized spacial score (nSPS) is 12.6. The van der Waals surface area contributed by atoms with Gasteiger partial charge in [0.2, 0.25) is 0 Å². The molecule has 0 fully saturated rings. The smallest absolute Gasteiger partial charge is 0.0615 e. The van der Waals surface area contributed by atoms with Crippen LogP contribution in [0.5, 0.6) is 0 Å². The Hall–Kier alpha value is -0.900. The number of hydrogen-bond donors (Lipinski definition) is 2. The van der Waals surface area contributed by atoms with E-state index in [1.54, 1.807) is 7.11 Å². The molecule has 0 saturated heterocycles. The summed E-state index contributed by atoms with van der Waals surface area (Å²) in [6, 6.07) is 10.8. The van der Waals surface area contributed by atoms with Crippen molar-refractivity contribution < 1.29 is 4.74 Å². The van der Waals surface area contributed by atoms with Crippen molar-refractivity contribution in [3.63, 3.8) is 0 Å². The number of methoxy groups -OCH3 is 1. The van der Waals surface area contributed by atoms with Crippen molar-refractivity contribution in [2.45, 2.75) is 25.4 Å². The van der Waals surface area contributed by atoms with Gasteiger partial charge in [-0.1, -0.05) is 30.3 Å². The van der Waals surface area contributed by atoms with Crippen molar-refractivity contribution in [2.75, 3.05) is 20.3 Å². The highest BCUT2D eigenvalue weighted by atomic mass is 16.5. The Labute approximate surface area is 98.0 Å². The van der Waals surface area contributed by atoms with Crippen LogP contribution < -0.4 is 11.1 Å². The van der Waals surface area contributed by atoms with Gasteiger partial charge < -0.3 is 15.8 Å². The minimum absolute atomic E-state index is 0.397. The van der Waals surface area contributed by atoms with Crippen LogP contribution in [0.3, 0.4) is 0 Å². The van der Waals surface area contributed by atoms with Crippen molar-refractivity contribution in [3.8, 4) is 0 Å². The van der Waals surface area contributed by atoms with Crippen molar-refractivity contribution in [2.24, 2.45) is 5.73 Å². The minimum atomic E-state index is 0.397. The zero-order chi connectivity index (χ0) is 11.6. The van der Waals surface area contributed by atoms with Gasteiger partial charge in [0.25, 0.3) is 0 Å². The van der Waals surface area contributed by atoms with Gasteiger partial charge in [-0.15, -0.1) is 0 Å². The maximum atomic E-state index is 5.51. The maximum absolute atomic E-state index is 5.51. The second kappa shape index (κ2) is 8.28. The molecule has 0 aliphatic carbocycles. The number of rotatable bonds is 8. The van der Waals surface area contributed by atoms with Gasteiger partial charge in [-0.3, -0.25) is 0 Å². The molecule has 3 nitrogen and oxygen atoms in total. The molecular formula is C13H22N2O. The molecular weight excluding hydrogens is 200 g/mol. The molecule has 1 aromatic rings. The average Bonchev–Trinajstić information content (AvgIpc) is 2.34. The molecule has 0 aliphatic rings. The van der Waals surface area contributed by atoms with Gasteiger partial charge in [0, 0.05) is 19.7 Å². The van der Waals surface area contributed by atoms with Gasteiger partial charge in [-0.05, 0) is 24.9 Å². The third-order valence-electron chi connectivity index (χ3n) is 2.56. The van der Waals surface area contributed by atoms with Gasteiger partial charge in [-0.25, -0.2) is 0 Å². The van der Waals surface area contributed by atoms with E-state index in [9.17, 15) is 0 Å². The lowest BCUT2D eigenvalue weighted by atomic mass is 10.1. The highest BCUT2D eigenvalue weighted by Gasteiger charge is 2.06. The van der Waals surface area contributed by atoms with Crippen LogP contribution in [0, 0.1) is 0 Å². The Morgan fingerprint density at radius 1 is 1.31 bits per heavy atom. The maximum Gasteiger partial charge on any atom is 0.0615 e. The van der Waals surface area contributed by atoms with E-state index in [0.717, 1.165) is 32.5 Å². The molecule has 1 rings (SSSR count). The van der Waals surface area contributed by atoms with Gasteiger partial charge in [0.15, 0.2) is 0 Å². The topological polar surface area (TPSA) is 47.3 Å². The van der Waals surface area contributed by atoms with E-state index in [-0.39, 0.29) is 0 Å². The molecule has 16 heavy (non-hydrogen) atoms. The molecule has 90 valence electrons. The Bertz CT molecular complexity index is 264. The lowest BCUT2D eigenvalue weighted by Crippen LogP contribution is -2.33. The Morgan fingerprint density at radius 3 is 2.69 bits per heavy atom. The van der Waals surface area contributed by atoms with Gasteiger partial charge in [0.1, 0.15) is 0 Å². The molecule has 0 heterocycles. The molecule has 3 N–H and O–H groups in total. The highest BCUT2D eigenvalue weighted by Crippen LogP contribution is 2.01. The zero-order valence-electron chi connectivity index (χ0n) is 9.99. The Kier molecular flexibility index (Phi) is 6.81. The van der Waals surface area contributed by atoms with Crippen LogP contribution in [-0.2, 0) is 11.3 Å². The summed E-state index contributed by atoms with van der Waals surface area (Å²) in [4.78, 5) is 0. The van der Waals surface area contributed by atoms with Gasteiger partial charge >= 0.3 is 0 Å².